The number of aromatic nitrogens is 1. The summed E-state index contributed by atoms with van der Waals surface area (Å²) in [5, 5.41) is 2.85. The van der Waals surface area contributed by atoms with Crippen LogP contribution in [0.4, 0.5) is 0 Å². The smallest absolute Gasteiger partial charge is 0.252 e. The van der Waals surface area contributed by atoms with E-state index in [1.807, 2.05) is 19.1 Å². The van der Waals surface area contributed by atoms with E-state index in [0.717, 1.165) is 15.6 Å². The molecule has 0 bridgehead atoms. The standard InChI is InChI=1S/C14H15ClN2O2S/c1-2-19-13-6-3-10(9-17-13)14(18)16-8-7-11-4-5-12(15)20-11/h3-6,9H,2,7-8H2,1H3,(H,16,18). The Morgan fingerprint density at radius 2 is 2.25 bits per heavy atom. The first-order chi connectivity index (χ1) is 9.69. The molecule has 1 N–H and O–H groups in total. The lowest BCUT2D eigenvalue weighted by Crippen LogP contribution is -2.25. The molecule has 0 aliphatic rings. The van der Waals surface area contributed by atoms with Gasteiger partial charge in [0, 0.05) is 23.7 Å². The summed E-state index contributed by atoms with van der Waals surface area (Å²) in [6.07, 6.45) is 2.29. The van der Waals surface area contributed by atoms with Gasteiger partial charge >= 0.3 is 0 Å². The number of ether oxygens (including phenoxy) is 1. The third-order valence-corrected chi connectivity index (χ3v) is 3.87. The van der Waals surface area contributed by atoms with Gasteiger partial charge in [-0.3, -0.25) is 4.79 Å². The van der Waals surface area contributed by atoms with Crippen molar-refractivity contribution in [3.8, 4) is 5.88 Å². The number of hydrogen-bond donors (Lipinski definition) is 1. The van der Waals surface area contributed by atoms with E-state index < -0.39 is 0 Å². The summed E-state index contributed by atoms with van der Waals surface area (Å²) in [6, 6.07) is 7.23. The fraction of sp³-hybridized carbons (Fsp3) is 0.286. The van der Waals surface area contributed by atoms with E-state index in [0.29, 0.717) is 24.6 Å². The molecule has 2 aromatic heterocycles. The average Bonchev–Trinajstić information content (AvgIpc) is 2.85. The number of rotatable bonds is 6. The Kier molecular flexibility index (Phi) is 5.38. The predicted molar refractivity (Wildman–Crippen MR) is 80.8 cm³/mol. The van der Waals surface area contributed by atoms with E-state index in [2.05, 4.69) is 10.3 Å². The zero-order valence-corrected chi connectivity index (χ0v) is 12.6. The molecule has 0 aliphatic carbocycles. The summed E-state index contributed by atoms with van der Waals surface area (Å²) in [6.45, 7) is 3.02. The fourth-order valence-corrected chi connectivity index (χ4v) is 2.72. The number of nitrogens with zero attached hydrogens (tertiary/aromatic N) is 1. The number of carbonyl (C=O) groups excluding carboxylic acids is 1. The quantitative estimate of drug-likeness (QED) is 0.891. The summed E-state index contributed by atoms with van der Waals surface area (Å²) in [7, 11) is 0. The SMILES string of the molecule is CCOc1ccc(C(=O)NCCc2ccc(Cl)s2)cn1. The van der Waals surface area contributed by atoms with Gasteiger partial charge in [-0.2, -0.15) is 0 Å². The Bertz CT molecular complexity index is 569. The maximum atomic E-state index is 11.9. The summed E-state index contributed by atoms with van der Waals surface area (Å²) >= 11 is 7.38. The van der Waals surface area contributed by atoms with Gasteiger partial charge in [0.2, 0.25) is 5.88 Å². The van der Waals surface area contributed by atoms with Gasteiger partial charge in [0.15, 0.2) is 0 Å². The number of halogens is 1. The molecular weight excluding hydrogens is 296 g/mol. The lowest BCUT2D eigenvalue weighted by Gasteiger charge is -2.05. The summed E-state index contributed by atoms with van der Waals surface area (Å²) < 4.78 is 5.99. The largest absolute Gasteiger partial charge is 0.478 e. The predicted octanol–water partition coefficient (Wildman–Crippen LogP) is 3.17. The van der Waals surface area contributed by atoms with Gasteiger partial charge in [0.25, 0.3) is 5.91 Å². The second-order valence-electron chi connectivity index (χ2n) is 4.03. The van der Waals surface area contributed by atoms with Crippen molar-refractivity contribution >= 4 is 28.8 Å². The summed E-state index contributed by atoms with van der Waals surface area (Å²) in [5.74, 6) is 0.389. The van der Waals surface area contributed by atoms with Crippen LogP contribution < -0.4 is 10.1 Å². The van der Waals surface area contributed by atoms with Crippen LogP contribution >= 0.6 is 22.9 Å². The molecule has 0 atom stereocenters. The van der Waals surface area contributed by atoms with Gasteiger partial charge in [-0.1, -0.05) is 11.6 Å². The molecule has 106 valence electrons. The molecule has 2 heterocycles. The minimum Gasteiger partial charge on any atom is -0.478 e. The first-order valence-electron chi connectivity index (χ1n) is 6.30. The molecular formula is C14H15ClN2O2S. The molecule has 0 unspecified atom stereocenters. The highest BCUT2D eigenvalue weighted by Gasteiger charge is 2.06. The van der Waals surface area contributed by atoms with Gasteiger partial charge in [0.05, 0.1) is 16.5 Å². The monoisotopic (exact) mass is 310 g/mol. The number of pyridine rings is 1. The summed E-state index contributed by atoms with van der Waals surface area (Å²) in [5.41, 5.74) is 0.526. The van der Waals surface area contributed by atoms with Crippen LogP contribution in [-0.4, -0.2) is 24.0 Å². The van der Waals surface area contributed by atoms with Gasteiger partial charge in [-0.15, -0.1) is 11.3 Å². The second kappa shape index (κ2) is 7.26. The Morgan fingerprint density at radius 3 is 2.85 bits per heavy atom. The van der Waals surface area contributed by atoms with Gasteiger partial charge in [-0.05, 0) is 31.5 Å². The average molecular weight is 311 g/mol. The molecule has 0 aliphatic heterocycles. The number of amides is 1. The highest BCUT2D eigenvalue weighted by Crippen LogP contribution is 2.21. The van der Waals surface area contributed by atoms with Crippen LogP contribution in [0.15, 0.2) is 30.5 Å². The van der Waals surface area contributed by atoms with Crippen LogP contribution in [0.2, 0.25) is 4.34 Å². The molecule has 0 saturated heterocycles. The number of nitrogens with one attached hydrogen (secondary N) is 1. The van der Waals surface area contributed by atoms with E-state index in [-0.39, 0.29) is 5.91 Å². The fourth-order valence-electron chi connectivity index (χ4n) is 1.64. The summed E-state index contributed by atoms with van der Waals surface area (Å²) in [4.78, 5) is 17.1. The number of carbonyl (C=O) groups is 1. The molecule has 0 radical (unpaired) electrons. The van der Waals surface area contributed by atoms with Crippen molar-refractivity contribution in [3.05, 3.63) is 45.2 Å². The molecule has 20 heavy (non-hydrogen) atoms. The molecule has 2 aromatic rings. The lowest BCUT2D eigenvalue weighted by molar-refractivity contribution is 0.0954. The number of hydrogen-bond acceptors (Lipinski definition) is 4. The molecule has 0 spiro atoms. The van der Waals surface area contributed by atoms with E-state index in [1.54, 1.807) is 12.1 Å². The van der Waals surface area contributed by atoms with E-state index in [1.165, 1.54) is 17.5 Å². The highest BCUT2D eigenvalue weighted by molar-refractivity contribution is 7.16. The van der Waals surface area contributed by atoms with Crippen LogP contribution in [0.25, 0.3) is 0 Å². The third kappa shape index (κ3) is 4.21. The minimum atomic E-state index is -0.136. The first kappa shape index (κ1) is 14.8. The molecule has 1 amide bonds. The van der Waals surface area contributed by atoms with Crippen LogP contribution in [-0.2, 0) is 6.42 Å². The Balaban J connectivity index is 1.82. The molecule has 4 nitrogen and oxygen atoms in total. The number of thiophene rings is 1. The zero-order chi connectivity index (χ0) is 14.4. The molecule has 0 fully saturated rings. The maximum absolute atomic E-state index is 11.9. The lowest BCUT2D eigenvalue weighted by atomic mass is 10.2. The second-order valence-corrected chi connectivity index (χ2v) is 5.83. The van der Waals surface area contributed by atoms with E-state index in [4.69, 9.17) is 16.3 Å². The van der Waals surface area contributed by atoms with Crippen LogP contribution in [0.5, 0.6) is 5.88 Å². The molecule has 0 aromatic carbocycles. The van der Waals surface area contributed by atoms with Gasteiger partial charge < -0.3 is 10.1 Å². The Hall–Kier alpha value is -1.59. The van der Waals surface area contributed by atoms with Gasteiger partial charge in [-0.25, -0.2) is 4.98 Å². The van der Waals surface area contributed by atoms with E-state index in [9.17, 15) is 4.79 Å². The van der Waals surface area contributed by atoms with Crippen molar-refractivity contribution < 1.29 is 9.53 Å². The minimum absolute atomic E-state index is 0.136. The van der Waals surface area contributed by atoms with Crippen molar-refractivity contribution in [1.29, 1.82) is 0 Å². The topological polar surface area (TPSA) is 51.2 Å². The van der Waals surface area contributed by atoms with Crippen molar-refractivity contribution in [2.24, 2.45) is 0 Å². The normalized spacial score (nSPS) is 10.3. The molecule has 6 heteroatoms. The Morgan fingerprint density at radius 1 is 1.40 bits per heavy atom. The van der Waals surface area contributed by atoms with Crippen LogP contribution in [0, 0.1) is 0 Å². The molecule has 0 saturated carbocycles. The Labute approximate surface area is 126 Å². The van der Waals surface area contributed by atoms with Crippen LogP contribution in [0.1, 0.15) is 22.2 Å². The van der Waals surface area contributed by atoms with E-state index >= 15 is 0 Å². The maximum Gasteiger partial charge on any atom is 0.252 e. The van der Waals surface area contributed by atoms with Crippen molar-refractivity contribution in [2.45, 2.75) is 13.3 Å². The first-order valence-corrected chi connectivity index (χ1v) is 7.49. The molecule has 2 rings (SSSR count). The van der Waals surface area contributed by atoms with Crippen LogP contribution in [0.3, 0.4) is 0 Å². The zero-order valence-electron chi connectivity index (χ0n) is 11.1. The van der Waals surface area contributed by atoms with Gasteiger partial charge in [0.1, 0.15) is 0 Å². The van der Waals surface area contributed by atoms with Crippen molar-refractivity contribution in [1.82, 2.24) is 10.3 Å². The highest BCUT2D eigenvalue weighted by atomic mass is 35.5. The third-order valence-electron chi connectivity index (χ3n) is 2.58. The van der Waals surface area contributed by atoms with Crippen molar-refractivity contribution in [3.63, 3.8) is 0 Å². The van der Waals surface area contributed by atoms with Crippen molar-refractivity contribution in [2.75, 3.05) is 13.2 Å².